The fourth-order valence-corrected chi connectivity index (χ4v) is 1.53. The van der Waals surface area contributed by atoms with Crippen molar-refractivity contribution < 1.29 is 14.3 Å². The van der Waals surface area contributed by atoms with Gasteiger partial charge in [-0.05, 0) is 0 Å². The maximum Gasteiger partial charge on any atom is 0.189 e. The summed E-state index contributed by atoms with van der Waals surface area (Å²) >= 11 is 0. The smallest absolute Gasteiger partial charge is 0.189 e. The molecule has 0 bridgehead atoms. The van der Waals surface area contributed by atoms with Crippen LogP contribution in [0.1, 0.15) is 6.92 Å². The molecule has 2 rings (SSSR count). The predicted octanol–water partition coefficient (Wildman–Crippen LogP) is -0.0108. The SMILES string of the molecule is C[C@H]1CO[C@@H]2C(=O)CO[C@@H]21. The van der Waals surface area contributed by atoms with Crippen LogP contribution in [0, 0.1) is 5.92 Å². The van der Waals surface area contributed by atoms with Gasteiger partial charge in [0.15, 0.2) is 5.78 Å². The molecule has 2 fully saturated rings. The quantitative estimate of drug-likeness (QED) is 0.477. The van der Waals surface area contributed by atoms with Gasteiger partial charge in [-0.2, -0.15) is 0 Å². The molecule has 0 aliphatic carbocycles. The molecule has 0 N–H and O–H groups in total. The van der Waals surface area contributed by atoms with E-state index >= 15 is 0 Å². The van der Waals surface area contributed by atoms with E-state index in [9.17, 15) is 4.79 Å². The molecule has 0 unspecified atom stereocenters. The lowest BCUT2D eigenvalue weighted by Crippen LogP contribution is -2.24. The first kappa shape index (κ1) is 6.31. The first-order valence-corrected chi connectivity index (χ1v) is 3.55. The van der Waals surface area contributed by atoms with E-state index < -0.39 is 0 Å². The Balaban J connectivity index is 2.16. The highest BCUT2D eigenvalue weighted by Crippen LogP contribution is 2.27. The van der Waals surface area contributed by atoms with Gasteiger partial charge in [0.05, 0.1) is 12.7 Å². The van der Waals surface area contributed by atoms with Crippen LogP contribution < -0.4 is 0 Å². The third-order valence-electron chi connectivity index (χ3n) is 2.13. The molecule has 56 valence electrons. The molecule has 0 radical (unpaired) electrons. The fourth-order valence-electron chi connectivity index (χ4n) is 1.53. The van der Waals surface area contributed by atoms with Gasteiger partial charge in [0, 0.05) is 5.92 Å². The number of rotatable bonds is 0. The molecule has 0 saturated carbocycles. The lowest BCUT2D eigenvalue weighted by atomic mass is 10.0. The first-order chi connectivity index (χ1) is 4.79. The molecule has 3 nitrogen and oxygen atoms in total. The molecule has 0 aromatic heterocycles. The Bertz CT molecular complexity index is 166. The van der Waals surface area contributed by atoms with Crippen LogP contribution in [0.2, 0.25) is 0 Å². The zero-order valence-electron chi connectivity index (χ0n) is 5.87. The van der Waals surface area contributed by atoms with E-state index in [-0.39, 0.29) is 24.6 Å². The number of carbonyl (C=O) groups is 1. The summed E-state index contributed by atoms with van der Waals surface area (Å²) in [6.07, 6.45) is -0.192. The van der Waals surface area contributed by atoms with E-state index in [4.69, 9.17) is 9.47 Å². The van der Waals surface area contributed by atoms with E-state index in [1.54, 1.807) is 0 Å². The number of ketones is 1. The number of carbonyl (C=O) groups excluding carboxylic acids is 1. The molecule has 0 aromatic rings. The zero-order chi connectivity index (χ0) is 7.14. The topological polar surface area (TPSA) is 35.5 Å². The van der Waals surface area contributed by atoms with E-state index in [1.807, 2.05) is 6.92 Å². The molecule has 3 heteroatoms. The van der Waals surface area contributed by atoms with Crippen LogP contribution in [0.4, 0.5) is 0 Å². The first-order valence-electron chi connectivity index (χ1n) is 3.55. The van der Waals surface area contributed by atoms with Gasteiger partial charge in [0.2, 0.25) is 0 Å². The van der Waals surface area contributed by atoms with Crippen LogP contribution >= 0.6 is 0 Å². The Hall–Kier alpha value is -0.410. The van der Waals surface area contributed by atoms with Crippen molar-refractivity contribution in [3.05, 3.63) is 0 Å². The summed E-state index contributed by atoms with van der Waals surface area (Å²) in [4.78, 5) is 11.0. The van der Waals surface area contributed by atoms with Crippen molar-refractivity contribution in [2.75, 3.05) is 13.2 Å². The van der Waals surface area contributed by atoms with E-state index in [2.05, 4.69) is 0 Å². The lowest BCUT2D eigenvalue weighted by Gasteiger charge is -2.07. The highest BCUT2D eigenvalue weighted by molar-refractivity contribution is 5.87. The minimum atomic E-state index is -0.241. The van der Waals surface area contributed by atoms with Gasteiger partial charge >= 0.3 is 0 Å². The van der Waals surface area contributed by atoms with Gasteiger partial charge < -0.3 is 9.47 Å². The molecule has 10 heavy (non-hydrogen) atoms. The Morgan fingerprint density at radius 1 is 1.50 bits per heavy atom. The number of fused-ring (bicyclic) bond motifs is 1. The zero-order valence-corrected chi connectivity index (χ0v) is 5.87. The maximum atomic E-state index is 11.0. The summed E-state index contributed by atoms with van der Waals surface area (Å²) in [5.41, 5.74) is 0. The molecule has 2 aliphatic heterocycles. The summed E-state index contributed by atoms with van der Waals surface area (Å²) in [5, 5.41) is 0. The average molecular weight is 142 g/mol. The number of hydrogen-bond donors (Lipinski definition) is 0. The molecule has 0 amide bonds. The predicted molar refractivity (Wildman–Crippen MR) is 33.7 cm³/mol. The van der Waals surface area contributed by atoms with Crippen molar-refractivity contribution in [1.29, 1.82) is 0 Å². The molecular formula is C7H10O3. The standard InChI is InChI=1S/C7H10O3/c1-4-2-9-7-5(8)3-10-6(4)7/h4,6-7H,2-3H2,1H3/t4-,6+,7+/m0/s1. The van der Waals surface area contributed by atoms with Crippen LogP contribution in [0.15, 0.2) is 0 Å². The van der Waals surface area contributed by atoms with Gasteiger partial charge in [-0.25, -0.2) is 0 Å². The molecule has 2 heterocycles. The Morgan fingerprint density at radius 2 is 2.30 bits per heavy atom. The largest absolute Gasteiger partial charge is 0.367 e. The van der Waals surface area contributed by atoms with Gasteiger partial charge in [0.25, 0.3) is 0 Å². The Kier molecular flexibility index (Phi) is 1.28. The van der Waals surface area contributed by atoms with E-state index in [0.29, 0.717) is 12.5 Å². The molecular weight excluding hydrogens is 132 g/mol. The van der Waals surface area contributed by atoms with Gasteiger partial charge in [-0.15, -0.1) is 0 Å². The van der Waals surface area contributed by atoms with Gasteiger partial charge in [0.1, 0.15) is 12.7 Å². The van der Waals surface area contributed by atoms with Gasteiger partial charge in [-0.3, -0.25) is 4.79 Å². The maximum absolute atomic E-state index is 11.0. The van der Waals surface area contributed by atoms with E-state index in [0.717, 1.165) is 0 Å². The molecule has 0 aromatic carbocycles. The minimum Gasteiger partial charge on any atom is -0.367 e. The highest BCUT2D eigenvalue weighted by Gasteiger charge is 2.44. The van der Waals surface area contributed by atoms with Crippen molar-refractivity contribution >= 4 is 5.78 Å². The second-order valence-electron chi connectivity index (χ2n) is 2.97. The summed E-state index contributed by atoms with van der Waals surface area (Å²) in [6, 6.07) is 0. The van der Waals surface area contributed by atoms with Crippen LogP contribution in [0.5, 0.6) is 0 Å². The monoisotopic (exact) mass is 142 g/mol. The summed E-state index contributed by atoms with van der Waals surface area (Å²) in [6.45, 7) is 2.96. The van der Waals surface area contributed by atoms with Gasteiger partial charge in [-0.1, -0.05) is 6.92 Å². The lowest BCUT2D eigenvalue weighted by molar-refractivity contribution is -0.125. The minimum absolute atomic E-state index is 0.0486. The van der Waals surface area contributed by atoms with Crippen LogP contribution in [0.25, 0.3) is 0 Å². The van der Waals surface area contributed by atoms with Crippen molar-refractivity contribution in [3.8, 4) is 0 Å². The van der Waals surface area contributed by atoms with Crippen molar-refractivity contribution in [1.82, 2.24) is 0 Å². The van der Waals surface area contributed by atoms with Crippen molar-refractivity contribution in [2.45, 2.75) is 19.1 Å². The number of ether oxygens (including phenoxy) is 2. The van der Waals surface area contributed by atoms with E-state index in [1.165, 1.54) is 0 Å². The second-order valence-corrected chi connectivity index (χ2v) is 2.97. The fraction of sp³-hybridized carbons (Fsp3) is 0.857. The normalized spacial score (nSPS) is 46.1. The van der Waals surface area contributed by atoms with Crippen LogP contribution in [0.3, 0.4) is 0 Å². The molecule has 3 atom stereocenters. The van der Waals surface area contributed by atoms with Crippen molar-refractivity contribution in [2.24, 2.45) is 5.92 Å². The molecule has 2 aliphatic rings. The third kappa shape index (κ3) is 0.707. The summed E-state index contributed by atoms with van der Waals surface area (Å²) in [5.74, 6) is 0.491. The Labute approximate surface area is 59.3 Å². The number of hydrogen-bond acceptors (Lipinski definition) is 3. The number of Topliss-reactive ketones (excluding diaryl/α,β-unsaturated/α-hetero) is 1. The van der Waals surface area contributed by atoms with Crippen LogP contribution in [-0.2, 0) is 14.3 Å². The summed E-state index contributed by atoms with van der Waals surface area (Å²) < 4.78 is 10.5. The highest BCUT2D eigenvalue weighted by atomic mass is 16.6. The summed E-state index contributed by atoms with van der Waals surface area (Å²) in [7, 11) is 0. The second kappa shape index (κ2) is 2.04. The van der Waals surface area contributed by atoms with Crippen LogP contribution in [-0.4, -0.2) is 31.2 Å². The average Bonchev–Trinajstić information content (AvgIpc) is 2.41. The molecule has 0 spiro atoms. The van der Waals surface area contributed by atoms with Crippen molar-refractivity contribution in [3.63, 3.8) is 0 Å². The third-order valence-corrected chi connectivity index (χ3v) is 2.13. The Morgan fingerprint density at radius 3 is 3.00 bits per heavy atom. The molecule has 2 saturated heterocycles.